The first-order valence-electron chi connectivity index (χ1n) is 8.93. The second-order valence-corrected chi connectivity index (χ2v) is 6.23. The standard InChI is InChI=1S/C20H27N5.HI/c1-3-21-20(23-15-17-9-13-24(2)16-17)22-11-6-12-25-14-10-18-7-4-5-8-19(18)25;/h4-5,7-10,13-14,16H,3,6,11-12,15H2,1-2H3,(H2,21,22,23);1H. The molecule has 1 aromatic carbocycles. The molecule has 6 heteroatoms. The van der Waals surface area contributed by atoms with Crippen LogP contribution in [0.25, 0.3) is 10.9 Å². The Labute approximate surface area is 172 Å². The molecule has 0 saturated heterocycles. The number of hydrogen-bond donors (Lipinski definition) is 2. The van der Waals surface area contributed by atoms with Crippen molar-refractivity contribution in [3.63, 3.8) is 0 Å². The minimum Gasteiger partial charge on any atom is -0.357 e. The number of aromatic nitrogens is 2. The van der Waals surface area contributed by atoms with E-state index in [4.69, 9.17) is 0 Å². The topological polar surface area (TPSA) is 46.3 Å². The van der Waals surface area contributed by atoms with E-state index in [0.717, 1.165) is 32.0 Å². The van der Waals surface area contributed by atoms with E-state index in [1.807, 2.05) is 17.8 Å². The Morgan fingerprint density at radius 2 is 1.92 bits per heavy atom. The van der Waals surface area contributed by atoms with E-state index < -0.39 is 0 Å². The number of aryl methyl sites for hydroxylation is 2. The highest BCUT2D eigenvalue weighted by molar-refractivity contribution is 14.0. The van der Waals surface area contributed by atoms with Gasteiger partial charge in [0.1, 0.15) is 0 Å². The van der Waals surface area contributed by atoms with E-state index in [9.17, 15) is 0 Å². The molecule has 140 valence electrons. The van der Waals surface area contributed by atoms with Crippen molar-refractivity contribution in [3.8, 4) is 0 Å². The fourth-order valence-electron chi connectivity index (χ4n) is 2.96. The fraction of sp³-hybridized carbons (Fsp3) is 0.350. The summed E-state index contributed by atoms with van der Waals surface area (Å²) in [6.45, 7) is 5.54. The minimum absolute atomic E-state index is 0. The summed E-state index contributed by atoms with van der Waals surface area (Å²) < 4.78 is 4.36. The Balaban J connectivity index is 0.00000243. The normalized spacial score (nSPS) is 11.4. The molecule has 2 aromatic heterocycles. The lowest BCUT2D eigenvalue weighted by Gasteiger charge is -2.11. The van der Waals surface area contributed by atoms with Crippen molar-refractivity contribution in [1.29, 1.82) is 0 Å². The lowest BCUT2D eigenvalue weighted by molar-refractivity contribution is 0.641. The van der Waals surface area contributed by atoms with E-state index in [-0.39, 0.29) is 24.0 Å². The van der Waals surface area contributed by atoms with Crippen molar-refractivity contribution < 1.29 is 0 Å². The zero-order valence-electron chi connectivity index (χ0n) is 15.5. The second-order valence-electron chi connectivity index (χ2n) is 6.23. The fourth-order valence-corrected chi connectivity index (χ4v) is 2.96. The molecule has 0 aliphatic carbocycles. The molecular formula is C20H28IN5. The Bertz CT molecular complexity index is 833. The molecule has 0 atom stereocenters. The van der Waals surface area contributed by atoms with Crippen LogP contribution in [0, 0.1) is 0 Å². The summed E-state index contributed by atoms with van der Waals surface area (Å²) in [7, 11) is 2.03. The van der Waals surface area contributed by atoms with Crippen LogP contribution in [0.1, 0.15) is 18.9 Å². The molecule has 0 spiro atoms. The first kappa shape index (κ1) is 20.4. The Morgan fingerprint density at radius 3 is 2.69 bits per heavy atom. The lowest BCUT2D eigenvalue weighted by Crippen LogP contribution is -2.38. The summed E-state index contributed by atoms with van der Waals surface area (Å²) in [6, 6.07) is 12.8. The maximum Gasteiger partial charge on any atom is 0.191 e. The third kappa shape index (κ3) is 5.52. The summed E-state index contributed by atoms with van der Waals surface area (Å²) in [5.41, 5.74) is 2.52. The summed E-state index contributed by atoms with van der Waals surface area (Å²) in [6.07, 6.45) is 7.37. The molecule has 3 rings (SSSR count). The molecule has 0 unspecified atom stereocenters. The monoisotopic (exact) mass is 465 g/mol. The van der Waals surface area contributed by atoms with Gasteiger partial charge in [0, 0.05) is 50.8 Å². The third-order valence-electron chi connectivity index (χ3n) is 4.21. The molecule has 0 bridgehead atoms. The summed E-state index contributed by atoms with van der Waals surface area (Å²) >= 11 is 0. The molecule has 2 N–H and O–H groups in total. The van der Waals surface area contributed by atoms with Gasteiger partial charge < -0.3 is 19.8 Å². The van der Waals surface area contributed by atoms with Crippen molar-refractivity contribution in [1.82, 2.24) is 19.8 Å². The van der Waals surface area contributed by atoms with Gasteiger partial charge in [0.2, 0.25) is 0 Å². The molecule has 5 nitrogen and oxygen atoms in total. The maximum atomic E-state index is 4.66. The van der Waals surface area contributed by atoms with Crippen molar-refractivity contribution >= 4 is 40.8 Å². The summed E-state index contributed by atoms with van der Waals surface area (Å²) in [5.74, 6) is 0.878. The first-order chi connectivity index (χ1) is 12.3. The Kier molecular flexibility index (Phi) is 8.03. The van der Waals surface area contributed by atoms with Crippen LogP contribution in [0.3, 0.4) is 0 Å². The molecule has 3 aromatic rings. The van der Waals surface area contributed by atoms with Crippen LogP contribution in [0.5, 0.6) is 0 Å². The zero-order chi connectivity index (χ0) is 17.5. The lowest BCUT2D eigenvalue weighted by atomic mass is 10.2. The molecule has 0 aliphatic heterocycles. The smallest absolute Gasteiger partial charge is 0.191 e. The van der Waals surface area contributed by atoms with Crippen LogP contribution in [-0.4, -0.2) is 28.2 Å². The van der Waals surface area contributed by atoms with E-state index >= 15 is 0 Å². The number of rotatable bonds is 7. The first-order valence-corrected chi connectivity index (χ1v) is 8.93. The predicted molar refractivity (Wildman–Crippen MR) is 120 cm³/mol. The van der Waals surface area contributed by atoms with Gasteiger partial charge in [-0.15, -0.1) is 24.0 Å². The van der Waals surface area contributed by atoms with Crippen LogP contribution in [0.15, 0.2) is 60.0 Å². The van der Waals surface area contributed by atoms with E-state index in [1.165, 1.54) is 16.5 Å². The highest BCUT2D eigenvalue weighted by Gasteiger charge is 2.01. The quantitative estimate of drug-likeness (QED) is 0.242. The van der Waals surface area contributed by atoms with E-state index in [0.29, 0.717) is 6.54 Å². The van der Waals surface area contributed by atoms with E-state index in [1.54, 1.807) is 0 Å². The van der Waals surface area contributed by atoms with Crippen molar-refractivity contribution in [2.24, 2.45) is 12.0 Å². The molecular weight excluding hydrogens is 437 g/mol. The highest BCUT2D eigenvalue weighted by atomic mass is 127. The van der Waals surface area contributed by atoms with Crippen LogP contribution in [0.2, 0.25) is 0 Å². The van der Waals surface area contributed by atoms with Crippen LogP contribution >= 0.6 is 24.0 Å². The third-order valence-corrected chi connectivity index (χ3v) is 4.21. The van der Waals surface area contributed by atoms with Crippen molar-refractivity contribution in [2.45, 2.75) is 26.4 Å². The molecule has 2 heterocycles. The molecule has 0 amide bonds. The van der Waals surface area contributed by atoms with Crippen molar-refractivity contribution in [2.75, 3.05) is 13.1 Å². The van der Waals surface area contributed by atoms with Crippen LogP contribution in [0.4, 0.5) is 0 Å². The average Bonchev–Trinajstić information content (AvgIpc) is 3.22. The zero-order valence-corrected chi connectivity index (χ0v) is 17.8. The number of guanidine groups is 1. The number of nitrogens with one attached hydrogen (secondary N) is 2. The Hall–Kier alpha value is -1.96. The van der Waals surface area contributed by atoms with Crippen LogP contribution in [-0.2, 0) is 20.1 Å². The van der Waals surface area contributed by atoms with Gasteiger partial charge in [-0.25, -0.2) is 4.99 Å². The van der Waals surface area contributed by atoms with Gasteiger partial charge in [0.05, 0.1) is 6.54 Å². The second kappa shape index (κ2) is 10.3. The Morgan fingerprint density at radius 1 is 1.08 bits per heavy atom. The predicted octanol–water partition coefficient (Wildman–Crippen LogP) is 3.74. The SMILES string of the molecule is CCNC(=NCc1ccn(C)c1)NCCCn1ccc2ccccc21.I. The molecule has 0 saturated carbocycles. The number of halogens is 1. The number of nitrogens with zero attached hydrogens (tertiary/aromatic N) is 3. The number of aliphatic imine (C=N–C) groups is 1. The molecule has 0 aliphatic rings. The summed E-state index contributed by atoms with van der Waals surface area (Å²) in [4.78, 5) is 4.66. The largest absolute Gasteiger partial charge is 0.357 e. The molecule has 26 heavy (non-hydrogen) atoms. The number of benzene rings is 1. The number of hydrogen-bond acceptors (Lipinski definition) is 1. The van der Waals surface area contributed by atoms with Crippen LogP contribution < -0.4 is 10.6 Å². The van der Waals surface area contributed by atoms with Gasteiger partial charge in [-0.05, 0) is 42.5 Å². The number of fused-ring (bicyclic) bond motifs is 1. The molecule has 0 radical (unpaired) electrons. The van der Waals surface area contributed by atoms with Gasteiger partial charge in [-0.3, -0.25) is 0 Å². The minimum atomic E-state index is 0. The van der Waals surface area contributed by atoms with Gasteiger partial charge in [0.15, 0.2) is 5.96 Å². The average molecular weight is 465 g/mol. The maximum absolute atomic E-state index is 4.66. The molecule has 0 fully saturated rings. The van der Waals surface area contributed by atoms with Crippen molar-refractivity contribution in [3.05, 3.63) is 60.6 Å². The van der Waals surface area contributed by atoms with Gasteiger partial charge in [0.25, 0.3) is 0 Å². The van der Waals surface area contributed by atoms with E-state index in [2.05, 4.69) is 75.9 Å². The van der Waals surface area contributed by atoms with Gasteiger partial charge in [-0.2, -0.15) is 0 Å². The summed E-state index contributed by atoms with van der Waals surface area (Å²) in [5, 5.41) is 8.03. The highest BCUT2D eigenvalue weighted by Crippen LogP contribution is 2.15. The van der Waals surface area contributed by atoms with Gasteiger partial charge in [-0.1, -0.05) is 18.2 Å². The number of para-hydroxylation sites is 1. The van der Waals surface area contributed by atoms with Gasteiger partial charge >= 0.3 is 0 Å².